The minimum absolute atomic E-state index is 0.593. The maximum atomic E-state index is 5.52. The van der Waals surface area contributed by atoms with Gasteiger partial charge in [-0.15, -0.1) is 11.3 Å². The van der Waals surface area contributed by atoms with Gasteiger partial charge in [-0.25, -0.2) is 4.98 Å². The Morgan fingerprint density at radius 3 is 2.85 bits per heavy atom. The summed E-state index contributed by atoms with van der Waals surface area (Å²) in [6.07, 6.45) is 8.91. The summed E-state index contributed by atoms with van der Waals surface area (Å²) in [5, 5.41) is 1.08. The molecule has 0 aromatic carbocycles. The van der Waals surface area contributed by atoms with E-state index >= 15 is 0 Å². The quantitative estimate of drug-likeness (QED) is 0.806. The smallest absolute Gasteiger partial charge is 0.106 e. The topological polar surface area (TPSA) is 38.9 Å². The first-order valence-corrected chi connectivity index (χ1v) is 5.84. The highest BCUT2D eigenvalue weighted by molar-refractivity contribution is 7.11. The molecule has 2 N–H and O–H groups in total. The van der Waals surface area contributed by atoms with E-state index in [2.05, 4.69) is 4.98 Å². The zero-order valence-corrected chi connectivity index (χ0v) is 8.65. The maximum absolute atomic E-state index is 5.52. The number of nitrogens with zero attached hydrogens (tertiary/aromatic N) is 1. The van der Waals surface area contributed by atoms with E-state index < -0.39 is 0 Å². The van der Waals surface area contributed by atoms with Gasteiger partial charge in [0.2, 0.25) is 0 Å². The molecule has 72 valence electrons. The summed E-state index contributed by atoms with van der Waals surface area (Å²) in [6, 6.07) is 0. The molecule has 0 aliphatic heterocycles. The van der Waals surface area contributed by atoms with Crippen molar-refractivity contribution in [1.29, 1.82) is 0 Å². The van der Waals surface area contributed by atoms with Crippen LogP contribution >= 0.6 is 11.3 Å². The summed E-state index contributed by atoms with van der Waals surface area (Å²) < 4.78 is 0. The molecule has 1 heterocycles. The lowest BCUT2D eigenvalue weighted by Gasteiger charge is -2.04. The van der Waals surface area contributed by atoms with Gasteiger partial charge in [0.05, 0.1) is 0 Å². The van der Waals surface area contributed by atoms with Gasteiger partial charge in [-0.1, -0.05) is 25.7 Å². The lowest BCUT2D eigenvalue weighted by Crippen LogP contribution is -1.96. The lowest BCUT2D eigenvalue weighted by atomic mass is 10.0. The number of hydrogen-bond donors (Lipinski definition) is 1. The third kappa shape index (κ3) is 2.29. The number of nitrogens with two attached hydrogens (primary N) is 1. The molecule has 13 heavy (non-hydrogen) atoms. The van der Waals surface area contributed by atoms with E-state index in [4.69, 9.17) is 5.73 Å². The highest BCUT2D eigenvalue weighted by atomic mass is 32.1. The van der Waals surface area contributed by atoms with Gasteiger partial charge in [-0.05, 0) is 12.3 Å². The number of thiazole rings is 1. The molecule has 1 aromatic heterocycles. The molecule has 0 atom stereocenters. The molecule has 1 aromatic rings. The number of hydrogen-bond acceptors (Lipinski definition) is 3. The van der Waals surface area contributed by atoms with Crippen molar-refractivity contribution in [3.05, 3.63) is 16.1 Å². The van der Waals surface area contributed by atoms with Crippen molar-refractivity contribution < 1.29 is 0 Å². The minimum Gasteiger partial charge on any atom is -0.325 e. The molecule has 2 nitrogen and oxygen atoms in total. The van der Waals surface area contributed by atoms with Crippen molar-refractivity contribution in [3.63, 3.8) is 0 Å². The Balaban J connectivity index is 1.92. The molecular weight excluding hydrogens is 180 g/mol. The van der Waals surface area contributed by atoms with Crippen LogP contribution in [0.4, 0.5) is 0 Å². The van der Waals surface area contributed by atoms with E-state index in [0.29, 0.717) is 6.54 Å². The third-order valence-corrected chi connectivity index (χ3v) is 3.78. The average Bonchev–Trinajstić information content (AvgIpc) is 2.76. The summed E-state index contributed by atoms with van der Waals surface area (Å²) in [4.78, 5) is 5.69. The predicted octanol–water partition coefficient (Wildman–Crippen LogP) is 2.33. The van der Waals surface area contributed by atoms with Gasteiger partial charge in [-0.3, -0.25) is 0 Å². The Labute approximate surface area is 83.2 Å². The fourth-order valence-electron chi connectivity index (χ4n) is 2.04. The van der Waals surface area contributed by atoms with Crippen molar-refractivity contribution >= 4 is 11.3 Å². The minimum atomic E-state index is 0.593. The predicted molar refractivity (Wildman–Crippen MR) is 55.7 cm³/mol. The summed E-state index contributed by atoms with van der Waals surface area (Å²) in [7, 11) is 0. The van der Waals surface area contributed by atoms with Gasteiger partial charge in [0.25, 0.3) is 0 Å². The first kappa shape index (κ1) is 9.16. The Morgan fingerprint density at radius 2 is 2.23 bits per heavy atom. The highest BCUT2D eigenvalue weighted by Crippen LogP contribution is 2.29. The largest absolute Gasteiger partial charge is 0.325 e. The normalized spacial score (nSPS) is 18.2. The van der Waals surface area contributed by atoms with E-state index in [9.17, 15) is 0 Å². The van der Waals surface area contributed by atoms with E-state index in [-0.39, 0.29) is 0 Å². The molecule has 1 fully saturated rings. The first-order valence-electron chi connectivity index (χ1n) is 5.02. The summed E-state index contributed by atoms with van der Waals surface area (Å²) >= 11 is 1.78. The van der Waals surface area contributed by atoms with Crippen LogP contribution in [0.25, 0.3) is 0 Å². The van der Waals surface area contributed by atoms with Crippen LogP contribution in [0.1, 0.15) is 35.6 Å². The molecule has 0 radical (unpaired) electrons. The molecule has 1 aliphatic carbocycles. The molecule has 1 saturated carbocycles. The van der Waals surface area contributed by atoms with E-state index in [0.717, 1.165) is 10.9 Å². The first-order chi connectivity index (χ1) is 6.38. The second kappa shape index (κ2) is 4.20. The monoisotopic (exact) mass is 196 g/mol. The van der Waals surface area contributed by atoms with Crippen molar-refractivity contribution in [1.82, 2.24) is 4.98 Å². The van der Waals surface area contributed by atoms with Crippen molar-refractivity contribution in [3.8, 4) is 0 Å². The Hall–Kier alpha value is -0.410. The average molecular weight is 196 g/mol. The van der Waals surface area contributed by atoms with Gasteiger partial charge in [0.15, 0.2) is 0 Å². The molecule has 0 amide bonds. The van der Waals surface area contributed by atoms with Gasteiger partial charge in [0.1, 0.15) is 5.01 Å². The molecule has 0 spiro atoms. The molecule has 0 saturated heterocycles. The highest BCUT2D eigenvalue weighted by Gasteiger charge is 2.16. The van der Waals surface area contributed by atoms with E-state index in [1.54, 1.807) is 11.3 Å². The van der Waals surface area contributed by atoms with Crippen LogP contribution in [0.3, 0.4) is 0 Å². The zero-order valence-electron chi connectivity index (χ0n) is 7.83. The maximum Gasteiger partial charge on any atom is 0.106 e. The van der Waals surface area contributed by atoms with Crippen LogP contribution in [0, 0.1) is 5.92 Å². The molecule has 1 aliphatic rings. The van der Waals surface area contributed by atoms with Gasteiger partial charge < -0.3 is 5.73 Å². The Kier molecular flexibility index (Phi) is 2.96. The zero-order chi connectivity index (χ0) is 9.10. The van der Waals surface area contributed by atoms with Crippen molar-refractivity contribution in [2.75, 3.05) is 0 Å². The van der Waals surface area contributed by atoms with Crippen LogP contribution in [-0.2, 0) is 13.0 Å². The van der Waals surface area contributed by atoms with E-state index in [1.165, 1.54) is 37.0 Å². The number of rotatable bonds is 3. The summed E-state index contributed by atoms with van der Waals surface area (Å²) in [6.45, 7) is 0.593. The van der Waals surface area contributed by atoms with Gasteiger partial charge in [-0.2, -0.15) is 0 Å². The van der Waals surface area contributed by atoms with Crippen LogP contribution in [0.5, 0.6) is 0 Å². The fraction of sp³-hybridized carbons (Fsp3) is 0.700. The van der Waals surface area contributed by atoms with Crippen LogP contribution in [-0.4, -0.2) is 4.98 Å². The second-order valence-electron chi connectivity index (χ2n) is 3.78. The summed E-state index contributed by atoms with van der Waals surface area (Å²) in [5.41, 5.74) is 5.52. The lowest BCUT2D eigenvalue weighted by molar-refractivity contribution is 0.550. The van der Waals surface area contributed by atoms with Crippen LogP contribution < -0.4 is 5.73 Å². The van der Waals surface area contributed by atoms with Crippen LogP contribution in [0.15, 0.2) is 6.20 Å². The summed E-state index contributed by atoms with van der Waals surface area (Å²) in [5.74, 6) is 0.922. The molecule has 3 heteroatoms. The fourth-order valence-corrected chi connectivity index (χ4v) is 2.95. The van der Waals surface area contributed by atoms with Crippen LogP contribution in [0.2, 0.25) is 0 Å². The Morgan fingerprint density at radius 1 is 1.46 bits per heavy atom. The van der Waals surface area contributed by atoms with Crippen molar-refractivity contribution in [2.24, 2.45) is 11.7 Å². The molecule has 2 rings (SSSR count). The Bertz CT molecular complexity index is 264. The van der Waals surface area contributed by atoms with Gasteiger partial charge >= 0.3 is 0 Å². The molecular formula is C10H16N2S. The third-order valence-electron chi connectivity index (χ3n) is 2.74. The SMILES string of the molecule is NCc1ncc(CC2CCCC2)s1. The van der Waals surface area contributed by atoms with Crippen molar-refractivity contribution in [2.45, 2.75) is 38.6 Å². The molecule has 0 unspecified atom stereocenters. The second-order valence-corrected chi connectivity index (χ2v) is 4.98. The van der Waals surface area contributed by atoms with Gasteiger partial charge in [0, 0.05) is 17.6 Å². The number of aromatic nitrogens is 1. The van der Waals surface area contributed by atoms with E-state index in [1.807, 2.05) is 6.20 Å². The standard InChI is InChI=1S/C10H16N2S/c11-6-10-12-7-9(13-10)5-8-3-1-2-4-8/h7-8H,1-6,11H2. The molecule has 0 bridgehead atoms.